The van der Waals surface area contributed by atoms with Gasteiger partial charge in [0.2, 0.25) is 0 Å². The number of nitro benzene ring substituents is 2. The molecule has 2 rings (SSSR count). The van der Waals surface area contributed by atoms with E-state index in [9.17, 15) is 20.2 Å². The monoisotopic (exact) mass is 464 g/mol. The van der Waals surface area contributed by atoms with Crippen molar-refractivity contribution in [2.24, 2.45) is 5.11 Å². The van der Waals surface area contributed by atoms with Crippen LogP contribution >= 0.6 is 0 Å². The molecule has 12 heteroatoms. The largest absolute Gasteiger partial charge is 1.00 e. The molecule has 2 aromatic rings. The van der Waals surface area contributed by atoms with Gasteiger partial charge in [-0.05, 0) is 37.3 Å². The second kappa shape index (κ2) is 14.7. The molecule has 0 aliphatic heterocycles. The lowest BCUT2D eigenvalue weighted by Gasteiger charge is -2.04. The van der Waals surface area contributed by atoms with E-state index in [1.54, 1.807) is 23.0 Å². The number of hydrogen-bond donors (Lipinski definition) is 0. The van der Waals surface area contributed by atoms with E-state index in [0.29, 0.717) is 19.8 Å². The SMILES string of the molecule is [Cl-].[N-]=[N+]=NCCCCCCOCCCc1ccc[n+](-c2ccc([N+](=O)[O-])cc2[N+](=O)[O-])c1. The highest BCUT2D eigenvalue weighted by Gasteiger charge is 2.26. The van der Waals surface area contributed by atoms with Gasteiger partial charge in [-0.3, -0.25) is 20.2 Å². The standard InChI is InChI=1S/C20H25N6O5.ClH/c21-23-22-11-3-1-2-4-13-31-14-6-8-17-7-5-12-24(16-17)19-10-9-18(25(27)28)15-20(19)26(29)30;/h5,7,9-10,12,15-16H,1-4,6,8,11,13-14H2;1H/q+1;/p-1. The smallest absolute Gasteiger partial charge is 0.347 e. The molecule has 1 heterocycles. The molecule has 1 aromatic carbocycles. The number of nitro groups is 2. The molecule has 0 amide bonds. The van der Waals surface area contributed by atoms with Crippen molar-refractivity contribution in [3.8, 4) is 5.69 Å². The number of unbranched alkanes of at least 4 members (excludes halogenated alkanes) is 3. The molecule has 0 atom stereocenters. The van der Waals surface area contributed by atoms with Crippen LogP contribution in [0.15, 0.2) is 47.8 Å². The lowest BCUT2D eigenvalue weighted by molar-refractivity contribution is -0.601. The summed E-state index contributed by atoms with van der Waals surface area (Å²) in [6, 6.07) is 7.33. The average molecular weight is 465 g/mol. The molecular weight excluding hydrogens is 440 g/mol. The molecule has 0 bridgehead atoms. The summed E-state index contributed by atoms with van der Waals surface area (Å²) in [5, 5.41) is 25.8. The van der Waals surface area contributed by atoms with Crippen molar-refractivity contribution >= 4 is 11.4 Å². The average Bonchev–Trinajstić information content (AvgIpc) is 2.77. The molecular formula is C20H25ClN6O5. The highest BCUT2D eigenvalue weighted by atomic mass is 35.5. The number of nitrogens with zero attached hydrogens (tertiary/aromatic N) is 6. The van der Waals surface area contributed by atoms with Crippen molar-refractivity contribution in [3.05, 3.63) is 79.0 Å². The maximum absolute atomic E-state index is 11.4. The fourth-order valence-electron chi connectivity index (χ4n) is 3.08. The van der Waals surface area contributed by atoms with Gasteiger partial charge in [0.15, 0.2) is 12.4 Å². The number of pyridine rings is 1. The molecule has 0 spiro atoms. The van der Waals surface area contributed by atoms with Gasteiger partial charge in [-0.1, -0.05) is 18.0 Å². The molecule has 0 N–H and O–H groups in total. The molecule has 0 aliphatic carbocycles. The molecule has 172 valence electrons. The van der Waals surface area contributed by atoms with E-state index in [0.717, 1.165) is 50.2 Å². The van der Waals surface area contributed by atoms with Crippen LogP contribution in [0, 0.1) is 20.2 Å². The molecule has 0 aliphatic rings. The zero-order valence-electron chi connectivity index (χ0n) is 17.5. The van der Waals surface area contributed by atoms with E-state index in [2.05, 4.69) is 10.0 Å². The number of non-ortho nitro benzene ring substituents is 1. The van der Waals surface area contributed by atoms with Crippen LogP contribution in [0.4, 0.5) is 11.4 Å². The fourth-order valence-corrected chi connectivity index (χ4v) is 3.08. The predicted octanol–water partition coefficient (Wildman–Crippen LogP) is 1.60. The zero-order valence-corrected chi connectivity index (χ0v) is 18.3. The molecule has 0 saturated carbocycles. The van der Waals surface area contributed by atoms with Crippen molar-refractivity contribution in [1.82, 2.24) is 0 Å². The molecule has 0 saturated heterocycles. The third-order valence-corrected chi connectivity index (χ3v) is 4.62. The van der Waals surface area contributed by atoms with E-state index in [1.807, 2.05) is 6.07 Å². The second-order valence-electron chi connectivity index (χ2n) is 6.89. The number of azide groups is 1. The van der Waals surface area contributed by atoms with E-state index in [-0.39, 0.29) is 29.5 Å². The van der Waals surface area contributed by atoms with Crippen LogP contribution in [0.25, 0.3) is 16.1 Å². The summed E-state index contributed by atoms with van der Waals surface area (Å²) in [5.41, 5.74) is 8.81. The minimum atomic E-state index is -0.652. The predicted molar refractivity (Wildman–Crippen MR) is 113 cm³/mol. The lowest BCUT2D eigenvalue weighted by atomic mass is 10.1. The Morgan fingerprint density at radius 1 is 1.03 bits per heavy atom. The quantitative estimate of drug-likeness (QED) is 0.0791. The van der Waals surface area contributed by atoms with Gasteiger partial charge in [-0.25, -0.2) is 0 Å². The summed E-state index contributed by atoms with van der Waals surface area (Å²) in [4.78, 5) is 23.7. The summed E-state index contributed by atoms with van der Waals surface area (Å²) in [6.45, 7) is 1.84. The Balaban J connectivity index is 0.00000512. The Morgan fingerprint density at radius 2 is 1.78 bits per heavy atom. The van der Waals surface area contributed by atoms with E-state index < -0.39 is 9.85 Å². The number of ether oxygens (including phenoxy) is 1. The Labute approximate surface area is 191 Å². The Hall–Kier alpha value is -3.27. The number of hydrogen-bond acceptors (Lipinski definition) is 6. The Kier molecular flexibility index (Phi) is 12.3. The number of rotatable bonds is 14. The summed E-state index contributed by atoms with van der Waals surface area (Å²) in [5.74, 6) is 0. The molecule has 0 unspecified atom stereocenters. The normalized spacial score (nSPS) is 10.1. The van der Waals surface area contributed by atoms with Gasteiger partial charge in [0.1, 0.15) is 6.07 Å². The van der Waals surface area contributed by atoms with Crippen molar-refractivity contribution in [3.63, 3.8) is 0 Å². The third-order valence-electron chi connectivity index (χ3n) is 4.62. The molecule has 0 fully saturated rings. The summed E-state index contributed by atoms with van der Waals surface area (Å²) < 4.78 is 7.25. The van der Waals surface area contributed by atoms with Gasteiger partial charge in [0.25, 0.3) is 11.4 Å². The lowest BCUT2D eigenvalue weighted by Crippen LogP contribution is -3.00. The minimum Gasteiger partial charge on any atom is -1.00 e. The van der Waals surface area contributed by atoms with Gasteiger partial charge in [-0.15, -0.1) is 0 Å². The van der Waals surface area contributed by atoms with Gasteiger partial charge < -0.3 is 17.1 Å². The molecule has 1 aromatic heterocycles. The maximum atomic E-state index is 11.4. The van der Waals surface area contributed by atoms with Crippen LogP contribution in [-0.4, -0.2) is 29.6 Å². The third kappa shape index (κ3) is 8.84. The van der Waals surface area contributed by atoms with Crippen LogP contribution in [0.3, 0.4) is 0 Å². The molecule has 32 heavy (non-hydrogen) atoms. The highest BCUT2D eigenvalue weighted by molar-refractivity contribution is 5.53. The Bertz CT molecular complexity index is 952. The van der Waals surface area contributed by atoms with Crippen LogP contribution < -0.4 is 17.0 Å². The summed E-state index contributed by atoms with van der Waals surface area (Å²) in [6.07, 6.45) is 8.93. The summed E-state index contributed by atoms with van der Waals surface area (Å²) in [7, 11) is 0. The van der Waals surface area contributed by atoms with Crippen molar-refractivity contribution in [2.45, 2.75) is 38.5 Å². The first-order valence-electron chi connectivity index (χ1n) is 10.0. The fraction of sp³-hybridized carbons (Fsp3) is 0.450. The van der Waals surface area contributed by atoms with Crippen molar-refractivity contribution in [2.75, 3.05) is 19.8 Å². The number of benzene rings is 1. The van der Waals surface area contributed by atoms with Crippen LogP contribution in [-0.2, 0) is 11.2 Å². The number of aromatic nitrogens is 1. The number of aryl methyl sites for hydroxylation is 1. The van der Waals surface area contributed by atoms with E-state index >= 15 is 0 Å². The Morgan fingerprint density at radius 3 is 2.50 bits per heavy atom. The minimum absolute atomic E-state index is 0. The highest BCUT2D eigenvalue weighted by Crippen LogP contribution is 2.24. The van der Waals surface area contributed by atoms with Crippen molar-refractivity contribution < 1.29 is 31.6 Å². The second-order valence-corrected chi connectivity index (χ2v) is 6.89. The van der Waals surface area contributed by atoms with Crippen LogP contribution in [0.1, 0.15) is 37.7 Å². The first-order valence-corrected chi connectivity index (χ1v) is 10.0. The summed E-state index contributed by atoms with van der Waals surface area (Å²) >= 11 is 0. The van der Waals surface area contributed by atoms with Gasteiger partial charge >= 0.3 is 5.69 Å². The number of halogens is 1. The first-order chi connectivity index (χ1) is 15.0. The molecule has 11 nitrogen and oxygen atoms in total. The molecule has 0 radical (unpaired) electrons. The van der Waals surface area contributed by atoms with Crippen molar-refractivity contribution in [1.29, 1.82) is 0 Å². The first kappa shape index (κ1) is 26.8. The van der Waals surface area contributed by atoms with Gasteiger partial charge in [0.05, 0.1) is 9.85 Å². The van der Waals surface area contributed by atoms with Gasteiger partial charge in [0, 0.05) is 48.4 Å². The zero-order chi connectivity index (χ0) is 22.5. The van der Waals surface area contributed by atoms with Crippen LogP contribution in [0.5, 0.6) is 0 Å². The van der Waals surface area contributed by atoms with E-state index in [1.165, 1.54) is 12.1 Å². The topological polar surface area (TPSA) is 148 Å². The van der Waals surface area contributed by atoms with Gasteiger partial charge in [-0.2, -0.15) is 4.57 Å². The van der Waals surface area contributed by atoms with E-state index in [4.69, 9.17) is 10.3 Å². The maximum Gasteiger partial charge on any atom is 0.347 e. The van der Waals surface area contributed by atoms with Crippen LogP contribution in [0.2, 0.25) is 0 Å².